The molecule has 7 rings (SSSR count). The first-order valence-corrected chi connectivity index (χ1v) is 21.7. The van der Waals surface area contributed by atoms with Crippen molar-refractivity contribution in [2.75, 3.05) is 70.5 Å². The van der Waals surface area contributed by atoms with E-state index in [1.807, 2.05) is 37.3 Å². The molecule has 1 aliphatic carbocycles. The molecule has 3 fully saturated rings. The minimum Gasteiger partial charge on any atom is -0.487 e. The summed E-state index contributed by atoms with van der Waals surface area (Å²) in [5.74, 6) is 0.475. The highest BCUT2D eigenvalue weighted by molar-refractivity contribution is 7.90. The summed E-state index contributed by atoms with van der Waals surface area (Å²) in [6, 6.07) is 11.9. The molecule has 0 aromatic heterocycles. The lowest BCUT2D eigenvalue weighted by molar-refractivity contribution is -0.119. The molecule has 2 bridgehead atoms. The number of carbonyl (C=O) groups is 1. The molecule has 53 heavy (non-hydrogen) atoms. The van der Waals surface area contributed by atoms with Gasteiger partial charge in [-0.05, 0) is 112 Å². The molecule has 5 atom stereocenters. The number of hydrogen-bond donors (Lipinski definition) is 1. The van der Waals surface area contributed by atoms with E-state index in [0.29, 0.717) is 42.9 Å². The van der Waals surface area contributed by atoms with Crippen molar-refractivity contribution in [1.29, 1.82) is 0 Å². The fourth-order valence-electron chi connectivity index (χ4n) is 8.89. The van der Waals surface area contributed by atoms with Crippen molar-refractivity contribution in [3.8, 4) is 5.75 Å². The molecule has 10 nitrogen and oxygen atoms in total. The number of amides is 1. The van der Waals surface area contributed by atoms with Gasteiger partial charge in [0, 0.05) is 63.0 Å². The van der Waals surface area contributed by atoms with E-state index < -0.39 is 26.8 Å². The lowest BCUT2D eigenvalue weighted by Crippen LogP contribution is -2.61. The Balaban J connectivity index is 1.24. The molecule has 290 valence electrons. The van der Waals surface area contributed by atoms with Crippen LogP contribution in [0, 0.1) is 17.8 Å². The molecule has 0 radical (unpaired) electrons. The van der Waals surface area contributed by atoms with Gasteiger partial charge >= 0.3 is 0 Å². The molecule has 1 saturated carbocycles. The Morgan fingerprint density at radius 3 is 2.53 bits per heavy atom. The van der Waals surface area contributed by atoms with Gasteiger partial charge in [0.2, 0.25) is 10.0 Å². The molecule has 4 aliphatic heterocycles. The van der Waals surface area contributed by atoms with Crippen LogP contribution in [0.4, 0.5) is 5.69 Å². The van der Waals surface area contributed by atoms with Gasteiger partial charge in [-0.2, -0.15) is 0 Å². The van der Waals surface area contributed by atoms with Crippen LogP contribution in [-0.2, 0) is 32.5 Å². The number of sulfonamides is 1. The zero-order chi connectivity index (χ0) is 37.2. The van der Waals surface area contributed by atoms with Gasteiger partial charge in [0.05, 0.1) is 30.2 Å². The van der Waals surface area contributed by atoms with Crippen LogP contribution in [0.1, 0.15) is 74.4 Å². The molecule has 1 amide bonds. The summed E-state index contributed by atoms with van der Waals surface area (Å²) in [7, 11) is -3.96. The summed E-state index contributed by atoms with van der Waals surface area (Å²) < 4.78 is 48.7. The van der Waals surface area contributed by atoms with E-state index in [1.54, 1.807) is 13.0 Å². The number of anilines is 1. The Morgan fingerprint density at radius 2 is 1.81 bits per heavy atom. The molecule has 12 heteroatoms. The molecular weight excluding hydrogens is 712 g/mol. The van der Waals surface area contributed by atoms with Crippen LogP contribution in [-0.4, -0.2) is 107 Å². The highest BCUT2D eigenvalue weighted by atomic mass is 35.5. The number of fused-ring (bicyclic) bond motifs is 3. The van der Waals surface area contributed by atoms with Gasteiger partial charge in [-0.3, -0.25) is 14.6 Å². The van der Waals surface area contributed by atoms with E-state index in [2.05, 4.69) is 38.5 Å². The van der Waals surface area contributed by atoms with Gasteiger partial charge in [0.25, 0.3) is 5.91 Å². The van der Waals surface area contributed by atoms with E-state index >= 15 is 0 Å². The standard InChI is InChI=1S/C41H57ClN4O6S/c1-4-52-41(28-44-18-20-45(21-19-44)36-26-50-27-36)16-7-8-29(2)30(3)53(48,49)43-40(47)32-12-15-39-38(23-32)46(24-33-11-14-37(33)41)17-6-5-9-31-22-35(42)13-10-34(31)25-51-39/h7,10,12-13,15-16,22-23,29-30,33,36-37H,4-6,8-9,11,14,17-21,24-28H2,1-3H3,(H,43,47)/b16-7+/t29-,30+,33-,37+,41+/m0/s1. The van der Waals surface area contributed by atoms with Crippen molar-refractivity contribution in [3.05, 3.63) is 70.3 Å². The number of aryl methyl sites for hydroxylation is 1. The van der Waals surface area contributed by atoms with Crippen LogP contribution >= 0.6 is 11.6 Å². The van der Waals surface area contributed by atoms with Gasteiger partial charge in [-0.1, -0.05) is 36.7 Å². The zero-order valence-electron chi connectivity index (χ0n) is 31.6. The number of allylic oxidation sites excluding steroid dienone is 1. The molecule has 0 unspecified atom stereocenters. The minimum atomic E-state index is -3.96. The van der Waals surface area contributed by atoms with Crippen molar-refractivity contribution in [2.45, 2.75) is 82.8 Å². The van der Waals surface area contributed by atoms with Gasteiger partial charge < -0.3 is 19.1 Å². The second-order valence-corrected chi connectivity index (χ2v) is 18.4. The topological polar surface area (TPSA) is 101 Å². The van der Waals surface area contributed by atoms with Crippen LogP contribution < -0.4 is 14.4 Å². The van der Waals surface area contributed by atoms with E-state index in [0.717, 1.165) is 107 Å². The zero-order valence-corrected chi connectivity index (χ0v) is 33.2. The summed E-state index contributed by atoms with van der Waals surface area (Å²) in [5, 5.41) is -0.0594. The molecular formula is C41H57ClN4O6S. The first-order chi connectivity index (χ1) is 25.5. The Labute approximate surface area is 321 Å². The maximum absolute atomic E-state index is 13.6. The lowest BCUT2D eigenvalue weighted by Gasteiger charge is -2.52. The third kappa shape index (κ3) is 8.60. The van der Waals surface area contributed by atoms with E-state index in [-0.39, 0.29) is 11.8 Å². The van der Waals surface area contributed by atoms with Crippen LogP contribution in [0.15, 0.2) is 48.6 Å². The highest BCUT2D eigenvalue weighted by Crippen LogP contribution is 2.47. The monoisotopic (exact) mass is 768 g/mol. The Morgan fingerprint density at radius 1 is 1.00 bits per heavy atom. The summed E-state index contributed by atoms with van der Waals surface area (Å²) >= 11 is 6.41. The third-order valence-electron chi connectivity index (χ3n) is 12.6. The summed E-state index contributed by atoms with van der Waals surface area (Å²) in [4.78, 5) is 21.2. The SMILES string of the molecule is CCO[C@@]1(CN2CCN(C3COC3)CC2)/C=C/C[C@H](C)[C@@H](C)S(=O)(=O)NC(=O)c2ccc3c(c2)N(CCCCc2cc(Cl)ccc2CO3)C[C@@H]2CC[C@H]21. The number of nitrogens with zero attached hydrogens (tertiary/aromatic N) is 3. The van der Waals surface area contributed by atoms with Crippen molar-refractivity contribution in [2.24, 2.45) is 17.8 Å². The molecule has 2 saturated heterocycles. The maximum atomic E-state index is 13.6. The van der Waals surface area contributed by atoms with Crippen LogP contribution in [0.2, 0.25) is 5.02 Å². The van der Waals surface area contributed by atoms with E-state index in [1.165, 1.54) is 5.56 Å². The fraction of sp³-hybridized carbons (Fsp3) is 0.634. The Hall–Kier alpha value is -2.67. The second kappa shape index (κ2) is 16.6. The largest absolute Gasteiger partial charge is 0.487 e. The Kier molecular flexibility index (Phi) is 12.1. The lowest BCUT2D eigenvalue weighted by atomic mass is 9.63. The fourth-order valence-corrected chi connectivity index (χ4v) is 10.4. The van der Waals surface area contributed by atoms with Crippen LogP contribution in [0.3, 0.4) is 0 Å². The van der Waals surface area contributed by atoms with Crippen molar-refractivity contribution < 1.29 is 27.4 Å². The van der Waals surface area contributed by atoms with Crippen molar-refractivity contribution >= 4 is 33.2 Å². The van der Waals surface area contributed by atoms with Crippen LogP contribution in [0.5, 0.6) is 5.75 Å². The first-order valence-electron chi connectivity index (χ1n) is 19.8. The number of benzene rings is 2. The van der Waals surface area contributed by atoms with Gasteiger partial charge in [-0.25, -0.2) is 13.1 Å². The third-order valence-corrected chi connectivity index (χ3v) is 14.7. The quantitative estimate of drug-likeness (QED) is 0.372. The predicted octanol–water partition coefficient (Wildman–Crippen LogP) is 5.92. The van der Waals surface area contributed by atoms with Gasteiger partial charge in [0.15, 0.2) is 0 Å². The molecule has 4 heterocycles. The van der Waals surface area contributed by atoms with Crippen molar-refractivity contribution in [1.82, 2.24) is 14.5 Å². The minimum absolute atomic E-state index is 0.219. The normalized spacial score (nSPS) is 31.0. The number of carbonyl (C=O) groups excluding carboxylic acids is 1. The highest BCUT2D eigenvalue weighted by Gasteiger charge is 2.49. The summed E-state index contributed by atoms with van der Waals surface area (Å²) in [5.41, 5.74) is 2.89. The molecule has 2 aromatic rings. The first kappa shape index (κ1) is 38.6. The van der Waals surface area contributed by atoms with Crippen molar-refractivity contribution in [3.63, 3.8) is 0 Å². The number of piperazine rings is 1. The summed E-state index contributed by atoms with van der Waals surface area (Å²) in [6.07, 6.45) is 9.97. The number of halogens is 1. The molecule has 5 aliphatic rings. The van der Waals surface area contributed by atoms with Crippen LogP contribution in [0.25, 0.3) is 0 Å². The number of hydrogen-bond acceptors (Lipinski definition) is 9. The average molecular weight is 769 g/mol. The average Bonchev–Trinajstić information content (AvgIpc) is 3.12. The van der Waals surface area contributed by atoms with E-state index in [4.69, 9.17) is 25.8 Å². The number of ether oxygens (including phenoxy) is 3. The molecule has 1 N–H and O–H groups in total. The smallest absolute Gasteiger partial charge is 0.264 e. The maximum Gasteiger partial charge on any atom is 0.264 e. The second-order valence-electron chi connectivity index (χ2n) is 15.9. The molecule has 0 spiro atoms. The summed E-state index contributed by atoms with van der Waals surface area (Å²) in [6.45, 7) is 14.7. The van der Waals surface area contributed by atoms with Gasteiger partial charge in [0.1, 0.15) is 18.0 Å². The van der Waals surface area contributed by atoms with E-state index in [9.17, 15) is 13.2 Å². The predicted molar refractivity (Wildman–Crippen MR) is 209 cm³/mol. The number of rotatable bonds is 5. The Bertz CT molecular complexity index is 1750. The molecule has 2 aromatic carbocycles. The van der Waals surface area contributed by atoms with Gasteiger partial charge in [-0.15, -0.1) is 0 Å². The number of nitrogens with one attached hydrogen (secondary N) is 1.